The molecule has 0 bridgehead atoms. The summed E-state index contributed by atoms with van der Waals surface area (Å²) in [4.78, 5) is 25.0. The van der Waals surface area contributed by atoms with Crippen LogP contribution in [0.5, 0.6) is 5.75 Å². The average molecular weight is 316 g/mol. The number of carbonyl (C=O) groups excluding carboxylic acids is 2. The summed E-state index contributed by atoms with van der Waals surface area (Å²) < 4.78 is 10.5. The van der Waals surface area contributed by atoms with Gasteiger partial charge in [0, 0.05) is 12.0 Å². The fourth-order valence-electron chi connectivity index (χ4n) is 2.70. The number of esters is 1. The summed E-state index contributed by atoms with van der Waals surface area (Å²) in [5, 5.41) is 1.89. The van der Waals surface area contributed by atoms with E-state index in [2.05, 4.69) is 0 Å². The summed E-state index contributed by atoms with van der Waals surface area (Å²) >= 11 is 1.43. The van der Waals surface area contributed by atoms with Crippen molar-refractivity contribution >= 4 is 23.1 Å². The SMILES string of the molecule is COC(=O)C1Cc2cc(C(=O)c3cccs3)c(C)c(C)c2O1. The summed E-state index contributed by atoms with van der Waals surface area (Å²) in [6.07, 6.45) is -0.182. The predicted octanol–water partition coefficient (Wildman–Crippen LogP) is 3.07. The first-order chi connectivity index (χ1) is 10.5. The number of hydrogen-bond acceptors (Lipinski definition) is 5. The maximum absolute atomic E-state index is 12.6. The van der Waals surface area contributed by atoms with Crippen LogP contribution in [-0.2, 0) is 16.0 Å². The largest absolute Gasteiger partial charge is 0.478 e. The normalized spacial score (nSPS) is 16.0. The van der Waals surface area contributed by atoms with E-state index < -0.39 is 6.10 Å². The second kappa shape index (κ2) is 5.57. The fourth-order valence-corrected chi connectivity index (χ4v) is 3.38. The predicted molar refractivity (Wildman–Crippen MR) is 83.8 cm³/mol. The fraction of sp³-hybridized carbons (Fsp3) is 0.294. The van der Waals surface area contributed by atoms with Crippen molar-refractivity contribution in [3.05, 3.63) is 50.7 Å². The molecular weight excluding hydrogens is 300 g/mol. The van der Waals surface area contributed by atoms with Crippen LogP contribution in [0.1, 0.15) is 31.9 Å². The average Bonchev–Trinajstić information content (AvgIpc) is 3.18. The minimum absolute atomic E-state index is 0.0138. The van der Waals surface area contributed by atoms with Crippen LogP contribution in [0.25, 0.3) is 0 Å². The number of ether oxygens (including phenoxy) is 2. The topological polar surface area (TPSA) is 52.6 Å². The summed E-state index contributed by atoms with van der Waals surface area (Å²) in [6, 6.07) is 5.54. The first kappa shape index (κ1) is 14.8. The highest BCUT2D eigenvalue weighted by molar-refractivity contribution is 7.12. The zero-order valence-corrected chi connectivity index (χ0v) is 13.5. The van der Waals surface area contributed by atoms with E-state index in [0.29, 0.717) is 22.6 Å². The van der Waals surface area contributed by atoms with Crippen molar-refractivity contribution in [1.29, 1.82) is 0 Å². The molecule has 1 unspecified atom stereocenters. The number of fused-ring (bicyclic) bond motifs is 1. The quantitative estimate of drug-likeness (QED) is 0.645. The Labute approximate surface area is 132 Å². The Bertz CT molecular complexity index is 747. The van der Waals surface area contributed by atoms with Crippen LogP contribution in [0.15, 0.2) is 23.6 Å². The van der Waals surface area contributed by atoms with E-state index in [1.165, 1.54) is 18.4 Å². The Morgan fingerprint density at radius 3 is 2.73 bits per heavy atom. The molecule has 0 saturated heterocycles. The van der Waals surface area contributed by atoms with Gasteiger partial charge in [0.1, 0.15) is 5.75 Å². The van der Waals surface area contributed by atoms with Crippen LogP contribution in [0.2, 0.25) is 0 Å². The van der Waals surface area contributed by atoms with Gasteiger partial charge in [0.05, 0.1) is 12.0 Å². The molecule has 2 aromatic rings. The standard InChI is InChI=1S/C17H16O4S/c1-9-10(2)16-11(8-13(21-16)17(19)20-3)7-12(9)15(18)14-5-4-6-22-14/h4-7,13H,8H2,1-3H3. The van der Waals surface area contributed by atoms with E-state index in [0.717, 1.165) is 16.7 Å². The van der Waals surface area contributed by atoms with Gasteiger partial charge in [0.25, 0.3) is 0 Å². The number of carbonyl (C=O) groups is 2. The lowest BCUT2D eigenvalue weighted by Crippen LogP contribution is -2.26. The van der Waals surface area contributed by atoms with Crippen molar-refractivity contribution in [2.24, 2.45) is 0 Å². The lowest BCUT2D eigenvalue weighted by molar-refractivity contribution is -0.147. The van der Waals surface area contributed by atoms with Crippen molar-refractivity contribution in [2.45, 2.75) is 26.4 Å². The molecule has 0 radical (unpaired) electrons. The van der Waals surface area contributed by atoms with Crippen LogP contribution >= 0.6 is 11.3 Å². The zero-order valence-electron chi connectivity index (χ0n) is 12.6. The molecule has 1 atom stereocenters. The first-order valence-corrected chi connectivity index (χ1v) is 7.86. The number of hydrogen-bond donors (Lipinski definition) is 0. The lowest BCUT2D eigenvalue weighted by Gasteiger charge is -2.12. The van der Waals surface area contributed by atoms with E-state index >= 15 is 0 Å². The Kier molecular flexibility index (Phi) is 3.74. The highest BCUT2D eigenvalue weighted by Gasteiger charge is 2.33. The highest BCUT2D eigenvalue weighted by atomic mass is 32.1. The molecule has 1 aliphatic heterocycles. The summed E-state index contributed by atoms with van der Waals surface area (Å²) in [6.45, 7) is 3.82. The van der Waals surface area contributed by atoms with Crippen LogP contribution < -0.4 is 4.74 Å². The molecule has 22 heavy (non-hydrogen) atoms. The van der Waals surface area contributed by atoms with Crippen LogP contribution in [0, 0.1) is 13.8 Å². The van der Waals surface area contributed by atoms with E-state index in [4.69, 9.17) is 9.47 Å². The van der Waals surface area contributed by atoms with Gasteiger partial charge in [0.2, 0.25) is 5.78 Å². The highest BCUT2D eigenvalue weighted by Crippen LogP contribution is 2.37. The van der Waals surface area contributed by atoms with Gasteiger partial charge in [-0.25, -0.2) is 4.79 Å². The number of rotatable bonds is 3. The molecule has 0 saturated carbocycles. The van der Waals surface area contributed by atoms with E-state index in [1.807, 2.05) is 37.4 Å². The molecular formula is C17H16O4S. The van der Waals surface area contributed by atoms with Crippen LogP contribution in [0.3, 0.4) is 0 Å². The van der Waals surface area contributed by atoms with Crippen LogP contribution in [-0.4, -0.2) is 25.0 Å². The van der Waals surface area contributed by atoms with Gasteiger partial charge >= 0.3 is 5.97 Å². The molecule has 1 aromatic carbocycles. The molecule has 1 aliphatic rings. The first-order valence-electron chi connectivity index (χ1n) is 6.98. The molecule has 0 spiro atoms. The molecule has 0 amide bonds. The summed E-state index contributed by atoms with van der Waals surface area (Å²) in [7, 11) is 1.35. The van der Waals surface area contributed by atoms with E-state index in [9.17, 15) is 9.59 Å². The third-order valence-electron chi connectivity index (χ3n) is 4.04. The van der Waals surface area contributed by atoms with Gasteiger partial charge in [-0.3, -0.25) is 4.79 Å². The Hall–Kier alpha value is -2.14. The summed E-state index contributed by atoms with van der Waals surface area (Å²) in [5.41, 5.74) is 3.36. The third-order valence-corrected chi connectivity index (χ3v) is 4.91. The summed E-state index contributed by atoms with van der Waals surface area (Å²) in [5.74, 6) is 0.329. The van der Waals surface area contributed by atoms with Gasteiger partial charge in [-0.2, -0.15) is 0 Å². The van der Waals surface area contributed by atoms with Crippen LogP contribution in [0.4, 0.5) is 0 Å². The van der Waals surface area contributed by atoms with Crippen molar-refractivity contribution in [3.63, 3.8) is 0 Å². The maximum Gasteiger partial charge on any atom is 0.347 e. The van der Waals surface area contributed by atoms with Gasteiger partial charge < -0.3 is 9.47 Å². The Balaban J connectivity index is 2.02. The number of thiophene rings is 1. The number of methoxy groups -OCH3 is 1. The van der Waals surface area contributed by atoms with Gasteiger partial charge in [-0.05, 0) is 48.1 Å². The molecule has 114 valence electrons. The van der Waals surface area contributed by atoms with Gasteiger partial charge in [-0.1, -0.05) is 6.07 Å². The minimum atomic E-state index is -0.620. The van der Waals surface area contributed by atoms with Crippen molar-refractivity contribution in [1.82, 2.24) is 0 Å². The molecule has 3 rings (SSSR count). The van der Waals surface area contributed by atoms with Gasteiger partial charge in [0.15, 0.2) is 6.10 Å². The van der Waals surface area contributed by atoms with E-state index in [-0.39, 0.29) is 11.8 Å². The second-order valence-corrected chi connectivity index (χ2v) is 6.25. The smallest absolute Gasteiger partial charge is 0.347 e. The molecule has 0 aliphatic carbocycles. The molecule has 2 heterocycles. The van der Waals surface area contributed by atoms with Crippen molar-refractivity contribution < 1.29 is 19.1 Å². The zero-order chi connectivity index (χ0) is 15.9. The van der Waals surface area contributed by atoms with Crippen molar-refractivity contribution in [2.75, 3.05) is 7.11 Å². The maximum atomic E-state index is 12.6. The number of benzene rings is 1. The lowest BCUT2D eigenvalue weighted by atomic mass is 9.94. The van der Waals surface area contributed by atoms with E-state index in [1.54, 1.807) is 0 Å². The second-order valence-electron chi connectivity index (χ2n) is 5.30. The monoisotopic (exact) mass is 316 g/mol. The molecule has 4 nitrogen and oxygen atoms in total. The molecule has 0 fully saturated rings. The third kappa shape index (κ3) is 2.31. The van der Waals surface area contributed by atoms with Crippen molar-refractivity contribution in [3.8, 4) is 5.75 Å². The molecule has 0 N–H and O–H groups in total. The molecule has 1 aromatic heterocycles. The Morgan fingerprint density at radius 1 is 1.32 bits per heavy atom. The van der Waals surface area contributed by atoms with Gasteiger partial charge in [-0.15, -0.1) is 11.3 Å². The number of ketones is 1. The molecule has 5 heteroatoms. The minimum Gasteiger partial charge on any atom is -0.478 e. The Morgan fingerprint density at radius 2 is 2.09 bits per heavy atom.